The highest BCUT2D eigenvalue weighted by atomic mass is 79.9. The lowest BCUT2D eigenvalue weighted by atomic mass is 10.2. The molecule has 0 aliphatic heterocycles. The van der Waals surface area contributed by atoms with Crippen LogP contribution in [0.4, 0.5) is 8.78 Å². The van der Waals surface area contributed by atoms with E-state index < -0.39 is 6.61 Å². The average Bonchev–Trinajstić information content (AvgIpc) is 2.28. The Kier molecular flexibility index (Phi) is 5.34. The number of carbonyl (C=O) groups is 1. The molecule has 94 valence electrons. The lowest BCUT2D eigenvalue weighted by molar-refractivity contribution is -0.0498. The number of benzene rings is 1. The first-order valence-corrected chi connectivity index (χ1v) is 6.03. The summed E-state index contributed by atoms with van der Waals surface area (Å²) in [5, 5.41) is 0.655. The Morgan fingerprint density at radius 1 is 1.53 bits per heavy atom. The van der Waals surface area contributed by atoms with E-state index in [9.17, 15) is 13.6 Å². The van der Waals surface area contributed by atoms with Gasteiger partial charge >= 0.3 is 6.61 Å². The van der Waals surface area contributed by atoms with E-state index in [1.165, 1.54) is 23.1 Å². The Hall–Kier alpha value is -1.17. The van der Waals surface area contributed by atoms with Crippen molar-refractivity contribution in [1.82, 2.24) is 4.90 Å². The number of amides is 1. The first kappa shape index (κ1) is 13.9. The maximum atomic E-state index is 12.0. The van der Waals surface area contributed by atoms with Crippen LogP contribution in [0.25, 0.3) is 0 Å². The topological polar surface area (TPSA) is 29.5 Å². The molecule has 1 aromatic carbocycles. The van der Waals surface area contributed by atoms with Crippen molar-refractivity contribution in [3.05, 3.63) is 29.8 Å². The Morgan fingerprint density at radius 3 is 2.82 bits per heavy atom. The number of hydrogen-bond donors (Lipinski definition) is 0. The molecule has 1 amide bonds. The number of nitrogens with zero attached hydrogens (tertiary/aromatic N) is 1. The van der Waals surface area contributed by atoms with E-state index in [1.807, 2.05) is 0 Å². The van der Waals surface area contributed by atoms with Crippen molar-refractivity contribution < 1.29 is 18.3 Å². The zero-order valence-electron chi connectivity index (χ0n) is 9.20. The molecule has 6 heteroatoms. The van der Waals surface area contributed by atoms with E-state index in [1.54, 1.807) is 13.1 Å². The van der Waals surface area contributed by atoms with Crippen LogP contribution in [0.3, 0.4) is 0 Å². The number of carbonyl (C=O) groups excluding carboxylic acids is 1. The van der Waals surface area contributed by atoms with Gasteiger partial charge in [0.15, 0.2) is 0 Å². The zero-order valence-corrected chi connectivity index (χ0v) is 10.8. The largest absolute Gasteiger partial charge is 0.435 e. The molecule has 17 heavy (non-hydrogen) atoms. The fourth-order valence-corrected chi connectivity index (χ4v) is 1.79. The highest BCUT2D eigenvalue weighted by Gasteiger charge is 2.12. The molecule has 0 unspecified atom stereocenters. The van der Waals surface area contributed by atoms with Gasteiger partial charge in [-0.15, -0.1) is 0 Å². The molecule has 0 bridgehead atoms. The zero-order chi connectivity index (χ0) is 12.8. The van der Waals surface area contributed by atoms with Crippen LogP contribution in [-0.2, 0) is 0 Å². The lowest BCUT2D eigenvalue weighted by Gasteiger charge is -2.16. The van der Waals surface area contributed by atoms with Gasteiger partial charge in [0.1, 0.15) is 5.75 Å². The molecular weight excluding hydrogens is 296 g/mol. The van der Waals surface area contributed by atoms with E-state index in [0.29, 0.717) is 17.4 Å². The van der Waals surface area contributed by atoms with Gasteiger partial charge in [0.05, 0.1) is 0 Å². The van der Waals surface area contributed by atoms with E-state index in [0.717, 1.165) is 0 Å². The van der Waals surface area contributed by atoms with Crippen molar-refractivity contribution in [2.45, 2.75) is 6.61 Å². The third-order valence-electron chi connectivity index (χ3n) is 2.07. The fraction of sp³-hybridized carbons (Fsp3) is 0.364. The maximum absolute atomic E-state index is 12.0. The molecule has 0 heterocycles. The second kappa shape index (κ2) is 6.54. The smallest absolute Gasteiger partial charge is 0.387 e. The predicted molar refractivity (Wildman–Crippen MR) is 63.8 cm³/mol. The van der Waals surface area contributed by atoms with Crippen molar-refractivity contribution in [3.8, 4) is 5.75 Å². The predicted octanol–water partition coefficient (Wildman–Crippen LogP) is 2.75. The highest BCUT2D eigenvalue weighted by molar-refractivity contribution is 9.09. The monoisotopic (exact) mass is 307 g/mol. The number of alkyl halides is 3. The molecule has 0 spiro atoms. The van der Waals surface area contributed by atoms with Crippen molar-refractivity contribution in [1.29, 1.82) is 0 Å². The summed E-state index contributed by atoms with van der Waals surface area (Å²) in [4.78, 5) is 13.3. The van der Waals surface area contributed by atoms with Crippen LogP contribution in [0.5, 0.6) is 5.75 Å². The molecule has 0 saturated carbocycles. The molecule has 0 aliphatic rings. The molecule has 0 radical (unpaired) electrons. The van der Waals surface area contributed by atoms with E-state index in [2.05, 4.69) is 20.7 Å². The molecule has 0 fully saturated rings. The molecule has 1 rings (SSSR count). The van der Waals surface area contributed by atoms with Crippen molar-refractivity contribution in [2.24, 2.45) is 0 Å². The van der Waals surface area contributed by atoms with Crippen molar-refractivity contribution >= 4 is 21.8 Å². The summed E-state index contributed by atoms with van der Waals surface area (Å²) in [5.41, 5.74) is 0.326. The first-order chi connectivity index (χ1) is 8.04. The maximum Gasteiger partial charge on any atom is 0.387 e. The van der Waals surface area contributed by atoms with Crippen LogP contribution >= 0.6 is 15.9 Å². The summed E-state index contributed by atoms with van der Waals surface area (Å²) in [6.07, 6.45) is 0. The van der Waals surface area contributed by atoms with Crippen LogP contribution in [0.15, 0.2) is 24.3 Å². The SMILES string of the molecule is CN(CCBr)C(=O)c1cccc(OC(F)F)c1. The van der Waals surface area contributed by atoms with Gasteiger partial charge in [-0.25, -0.2) is 0 Å². The van der Waals surface area contributed by atoms with Crippen molar-refractivity contribution in [2.75, 3.05) is 18.9 Å². The first-order valence-electron chi connectivity index (χ1n) is 4.91. The van der Waals surface area contributed by atoms with E-state index in [4.69, 9.17) is 0 Å². The Bertz CT molecular complexity index is 387. The van der Waals surface area contributed by atoms with Crippen LogP contribution < -0.4 is 4.74 Å². The quantitative estimate of drug-likeness (QED) is 0.783. The summed E-state index contributed by atoms with van der Waals surface area (Å²) in [7, 11) is 1.64. The second-order valence-corrected chi connectivity index (χ2v) is 4.12. The van der Waals surface area contributed by atoms with Crippen molar-refractivity contribution in [3.63, 3.8) is 0 Å². The molecule has 1 aromatic rings. The van der Waals surface area contributed by atoms with Gasteiger partial charge < -0.3 is 9.64 Å². The second-order valence-electron chi connectivity index (χ2n) is 3.32. The van der Waals surface area contributed by atoms with Crippen LogP contribution in [0.2, 0.25) is 0 Å². The molecule has 0 aliphatic carbocycles. The van der Waals surface area contributed by atoms with E-state index in [-0.39, 0.29) is 11.7 Å². The Morgan fingerprint density at radius 2 is 2.24 bits per heavy atom. The number of ether oxygens (including phenoxy) is 1. The lowest BCUT2D eigenvalue weighted by Crippen LogP contribution is -2.28. The van der Waals surface area contributed by atoms with Gasteiger partial charge in [0, 0.05) is 24.5 Å². The van der Waals surface area contributed by atoms with Gasteiger partial charge in [-0.2, -0.15) is 8.78 Å². The van der Waals surface area contributed by atoms with Gasteiger partial charge in [-0.05, 0) is 18.2 Å². The number of halogens is 3. The molecule has 0 N–H and O–H groups in total. The molecule has 3 nitrogen and oxygen atoms in total. The van der Waals surface area contributed by atoms with Gasteiger partial charge in [-0.1, -0.05) is 22.0 Å². The summed E-state index contributed by atoms with van der Waals surface area (Å²) in [6.45, 7) is -2.35. The highest BCUT2D eigenvalue weighted by Crippen LogP contribution is 2.16. The summed E-state index contributed by atoms with van der Waals surface area (Å²) in [6, 6.07) is 5.75. The minimum absolute atomic E-state index is 0.0157. The minimum atomic E-state index is -2.89. The Balaban J connectivity index is 2.80. The van der Waals surface area contributed by atoms with Gasteiger partial charge in [-0.3, -0.25) is 4.79 Å². The molecule has 0 aromatic heterocycles. The molecule has 0 saturated heterocycles. The number of rotatable bonds is 5. The average molecular weight is 308 g/mol. The standard InChI is InChI=1S/C11H12BrF2NO2/c1-15(6-5-12)10(16)8-3-2-4-9(7-8)17-11(13)14/h2-4,7,11H,5-6H2,1H3. The summed E-state index contributed by atoms with van der Waals surface area (Å²) < 4.78 is 28.2. The number of hydrogen-bond acceptors (Lipinski definition) is 2. The summed E-state index contributed by atoms with van der Waals surface area (Å²) in [5.74, 6) is -0.248. The van der Waals surface area contributed by atoms with Crippen LogP contribution in [0, 0.1) is 0 Å². The summed E-state index contributed by atoms with van der Waals surface area (Å²) >= 11 is 3.22. The van der Waals surface area contributed by atoms with Gasteiger partial charge in [0.2, 0.25) is 0 Å². The third kappa shape index (κ3) is 4.30. The molecule has 0 atom stereocenters. The fourth-order valence-electron chi connectivity index (χ4n) is 1.25. The minimum Gasteiger partial charge on any atom is -0.435 e. The third-order valence-corrected chi connectivity index (χ3v) is 2.43. The van der Waals surface area contributed by atoms with E-state index >= 15 is 0 Å². The molecular formula is C11H12BrF2NO2. The van der Waals surface area contributed by atoms with Crippen LogP contribution in [-0.4, -0.2) is 36.3 Å². The van der Waals surface area contributed by atoms with Crippen LogP contribution in [0.1, 0.15) is 10.4 Å². The normalized spacial score (nSPS) is 10.4. The Labute approximate surface area is 106 Å². The van der Waals surface area contributed by atoms with Gasteiger partial charge in [0.25, 0.3) is 5.91 Å².